The quantitative estimate of drug-likeness (QED) is 0.928. The Labute approximate surface area is 106 Å². The predicted molar refractivity (Wildman–Crippen MR) is 66.4 cm³/mol. The molecular weight excluding hydrogens is 262 g/mol. The van der Waals surface area contributed by atoms with Gasteiger partial charge in [0.15, 0.2) is 5.82 Å². The number of thiophene rings is 1. The molecule has 0 radical (unpaired) electrons. The minimum absolute atomic E-state index is 0.0551. The molecule has 2 heterocycles. The summed E-state index contributed by atoms with van der Waals surface area (Å²) in [5.74, 6) is -0.721. The Morgan fingerprint density at radius 3 is 2.88 bits per heavy atom. The largest absolute Gasteiger partial charge is 0.477 e. The molecule has 2 rings (SSSR count). The van der Waals surface area contributed by atoms with E-state index < -0.39 is 5.97 Å². The summed E-state index contributed by atoms with van der Waals surface area (Å²) in [4.78, 5) is 20.4. The zero-order chi connectivity index (χ0) is 12.4. The first kappa shape index (κ1) is 11.8. The summed E-state index contributed by atoms with van der Waals surface area (Å²) in [6.07, 6.45) is 2.59. The highest BCUT2D eigenvalue weighted by molar-refractivity contribution is 7.20. The molecule has 5 nitrogen and oxygen atoms in total. The number of rotatable bonds is 3. The Bertz CT molecular complexity index is 558. The third-order valence-corrected chi connectivity index (χ3v) is 3.44. The molecule has 7 heteroatoms. The molecule has 17 heavy (non-hydrogen) atoms. The maximum atomic E-state index is 11.0. The van der Waals surface area contributed by atoms with Gasteiger partial charge in [-0.15, -0.1) is 11.3 Å². The Morgan fingerprint density at radius 2 is 2.29 bits per heavy atom. The lowest BCUT2D eigenvalue weighted by molar-refractivity contribution is 0.0697. The standard InChI is InChI=1S/C10H8ClN3O2S/c1-14(8-3-2-7(11)17-8)9-6(10(15)16)4-12-5-13-9/h2-5H,1H3,(H,15,16). The van der Waals surface area contributed by atoms with Crippen LogP contribution in [0.5, 0.6) is 0 Å². The van der Waals surface area contributed by atoms with Gasteiger partial charge in [-0.2, -0.15) is 0 Å². The molecule has 0 aliphatic rings. The highest BCUT2D eigenvalue weighted by Crippen LogP contribution is 2.33. The number of anilines is 2. The van der Waals surface area contributed by atoms with Gasteiger partial charge in [-0.3, -0.25) is 0 Å². The lowest BCUT2D eigenvalue weighted by Crippen LogP contribution is -2.15. The van der Waals surface area contributed by atoms with Gasteiger partial charge >= 0.3 is 5.97 Å². The SMILES string of the molecule is CN(c1ccc(Cl)s1)c1ncncc1C(=O)O. The number of carbonyl (C=O) groups is 1. The van der Waals surface area contributed by atoms with Crippen LogP contribution in [-0.4, -0.2) is 28.1 Å². The second-order valence-electron chi connectivity index (χ2n) is 3.20. The molecular formula is C10H8ClN3O2S. The van der Waals surface area contributed by atoms with Crippen LogP contribution in [0.15, 0.2) is 24.7 Å². The van der Waals surface area contributed by atoms with Crippen LogP contribution in [0.25, 0.3) is 0 Å². The molecule has 0 aliphatic heterocycles. The van der Waals surface area contributed by atoms with Crippen molar-refractivity contribution in [3.63, 3.8) is 0 Å². The number of nitrogens with zero attached hydrogens (tertiary/aromatic N) is 3. The molecule has 0 unspecified atom stereocenters. The Hall–Kier alpha value is -1.66. The fourth-order valence-corrected chi connectivity index (χ4v) is 2.33. The van der Waals surface area contributed by atoms with Crippen molar-refractivity contribution < 1.29 is 9.90 Å². The van der Waals surface area contributed by atoms with Gasteiger partial charge in [-0.1, -0.05) is 11.6 Å². The van der Waals surface area contributed by atoms with Crippen molar-refractivity contribution >= 4 is 39.7 Å². The van der Waals surface area contributed by atoms with Gasteiger partial charge in [-0.25, -0.2) is 14.8 Å². The van der Waals surface area contributed by atoms with Gasteiger partial charge in [0.1, 0.15) is 11.9 Å². The fraction of sp³-hybridized carbons (Fsp3) is 0.100. The molecule has 0 bridgehead atoms. The number of hydrogen-bond donors (Lipinski definition) is 1. The number of hydrogen-bond acceptors (Lipinski definition) is 5. The zero-order valence-corrected chi connectivity index (χ0v) is 10.4. The van der Waals surface area contributed by atoms with E-state index in [-0.39, 0.29) is 5.56 Å². The second kappa shape index (κ2) is 4.68. The summed E-state index contributed by atoms with van der Waals surface area (Å²) >= 11 is 7.19. The molecule has 0 atom stereocenters. The van der Waals surface area contributed by atoms with E-state index in [0.717, 1.165) is 5.00 Å². The van der Waals surface area contributed by atoms with Gasteiger partial charge in [0.25, 0.3) is 0 Å². The van der Waals surface area contributed by atoms with E-state index in [4.69, 9.17) is 16.7 Å². The second-order valence-corrected chi connectivity index (χ2v) is 4.90. The van der Waals surface area contributed by atoms with Crippen molar-refractivity contribution in [2.45, 2.75) is 0 Å². The van der Waals surface area contributed by atoms with Crippen LogP contribution >= 0.6 is 22.9 Å². The van der Waals surface area contributed by atoms with Crippen molar-refractivity contribution in [2.24, 2.45) is 0 Å². The number of aromatic carboxylic acids is 1. The Kier molecular flexibility index (Phi) is 3.26. The maximum Gasteiger partial charge on any atom is 0.341 e. The Morgan fingerprint density at radius 1 is 1.53 bits per heavy atom. The number of carboxylic acids is 1. The van der Waals surface area contributed by atoms with E-state index >= 15 is 0 Å². The number of halogens is 1. The van der Waals surface area contributed by atoms with Crippen LogP contribution in [0.3, 0.4) is 0 Å². The molecule has 88 valence electrons. The predicted octanol–water partition coefficient (Wildman–Crippen LogP) is 2.66. The monoisotopic (exact) mass is 269 g/mol. The van der Waals surface area contributed by atoms with E-state index in [1.807, 2.05) is 0 Å². The molecule has 0 aliphatic carbocycles. The lowest BCUT2D eigenvalue weighted by atomic mass is 10.3. The molecule has 0 spiro atoms. The lowest BCUT2D eigenvalue weighted by Gasteiger charge is -2.17. The van der Waals surface area contributed by atoms with E-state index in [9.17, 15) is 4.79 Å². The average Bonchev–Trinajstić information content (AvgIpc) is 2.75. The van der Waals surface area contributed by atoms with E-state index in [1.165, 1.54) is 23.9 Å². The molecule has 0 saturated carbocycles. The number of carboxylic acid groups (broad SMARTS) is 1. The normalized spacial score (nSPS) is 10.2. The maximum absolute atomic E-state index is 11.0. The van der Waals surface area contributed by atoms with E-state index in [0.29, 0.717) is 10.2 Å². The summed E-state index contributed by atoms with van der Waals surface area (Å²) in [5.41, 5.74) is 0.0551. The van der Waals surface area contributed by atoms with Crippen LogP contribution < -0.4 is 4.90 Å². The first-order chi connectivity index (χ1) is 8.09. The van der Waals surface area contributed by atoms with E-state index in [1.54, 1.807) is 24.1 Å². The molecule has 2 aromatic rings. The average molecular weight is 270 g/mol. The van der Waals surface area contributed by atoms with Crippen LogP contribution in [-0.2, 0) is 0 Å². The van der Waals surface area contributed by atoms with Crippen LogP contribution in [0, 0.1) is 0 Å². The van der Waals surface area contributed by atoms with Crippen LogP contribution in [0.2, 0.25) is 4.34 Å². The molecule has 1 N–H and O–H groups in total. The van der Waals surface area contributed by atoms with Gasteiger partial charge in [0.05, 0.1) is 9.34 Å². The molecule has 0 amide bonds. The summed E-state index contributed by atoms with van der Waals surface area (Å²) in [7, 11) is 1.73. The smallest absolute Gasteiger partial charge is 0.341 e. The van der Waals surface area contributed by atoms with Gasteiger partial charge in [0, 0.05) is 13.2 Å². The van der Waals surface area contributed by atoms with Crippen LogP contribution in [0.4, 0.5) is 10.8 Å². The molecule has 0 aromatic carbocycles. The van der Waals surface area contributed by atoms with Crippen LogP contribution in [0.1, 0.15) is 10.4 Å². The highest BCUT2D eigenvalue weighted by Gasteiger charge is 2.17. The summed E-state index contributed by atoms with van der Waals surface area (Å²) in [6, 6.07) is 3.56. The first-order valence-electron chi connectivity index (χ1n) is 4.62. The summed E-state index contributed by atoms with van der Waals surface area (Å²) in [6.45, 7) is 0. The van der Waals surface area contributed by atoms with Crippen molar-refractivity contribution in [1.29, 1.82) is 0 Å². The molecule has 0 fully saturated rings. The summed E-state index contributed by atoms with van der Waals surface area (Å²) < 4.78 is 0.637. The third-order valence-electron chi connectivity index (χ3n) is 2.13. The van der Waals surface area contributed by atoms with Gasteiger partial charge in [-0.05, 0) is 12.1 Å². The van der Waals surface area contributed by atoms with Gasteiger partial charge in [0.2, 0.25) is 0 Å². The fourth-order valence-electron chi connectivity index (χ4n) is 1.33. The zero-order valence-electron chi connectivity index (χ0n) is 8.79. The van der Waals surface area contributed by atoms with Crippen molar-refractivity contribution in [1.82, 2.24) is 9.97 Å². The number of aromatic nitrogens is 2. The molecule has 2 aromatic heterocycles. The minimum atomic E-state index is -1.06. The van der Waals surface area contributed by atoms with Crippen molar-refractivity contribution in [3.05, 3.63) is 34.6 Å². The Balaban J connectivity index is 2.43. The topological polar surface area (TPSA) is 66.3 Å². The highest BCUT2D eigenvalue weighted by atomic mass is 35.5. The van der Waals surface area contributed by atoms with E-state index in [2.05, 4.69) is 9.97 Å². The van der Waals surface area contributed by atoms with Gasteiger partial charge < -0.3 is 10.0 Å². The molecule has 0 saturated heterocycles. The minimum Gasteiger partial charge on any atom is -0.477 e. The first-order valence-corrected chi connectivity index (χ1v) is 5.81. The van der Waals surface area contributed by atoms with Crippen molar-refractivity contribution in [2.75, 3.05) is 11.9 Å². The third kappa shape index (κ3) is 2.37. The summed E-state index contributed by atoms with van der Waals surface area (Å²) in [5, 5.41) is 9.85. The van der Waals surface area contributed by atoms with Crippen molar-refractivity contribution in [3.8, 4) is 0 Å².